The number of rotatable bonds is 8. The highest BCUT2D eigenvalue weighted by Crippen LogP contribution is 2.23. The number of halogens is 1. The Hall–Kier alpha value is -1.40. The van der Waals surface area contributed by atoms with Crippen molar-refractivity contribution < 1.29 is 9.59 Å². The van der Waals surface area contributed by atoms with Crippen molar-refractivity contribution in [3.63, 3.8) is 0 Å². The molecule has 0 saturated carbocycles. The fraction of sp³-hybridized carbons (Fsp3) is 0.529. The van der Waals surface area contributed by atoms with Crippen LogP contribution in [0.3, 0.4) is 0 Å². The Morgan fingerprint density at radius 2 is 1.91 bits per heavy atom. The van der Waals surface area contributed by atoms with Crippen LogP contribution in [0.25, 0.3) is 0 Å². The van der Waals surface area contributed by atoms with Crippen molar-refractivity contribution in [3.05, 3.63) is 28.2 Å². The minimum atomic E-state index is -0.0684. The SMILES string of the molecule is CC(=O)N(CCC(=O)NCCCN(C)C)c1ccc(C)c(Br)c1. The number of nitrogens with zero attached hydrogens (tertiary/aromatic N) is 2. The minimum Gasteiger partial charge on any atom is -0.356 e. The largest absolute Gasteiger partial charge is 0.356 e. The lowest BCUT2D eigenvalue weighted by molar-refractivity contribution is -0.121. The molecule has 0 aliphatic carbocycles. The molecule has 128 valence electrons. The molecule has 6 heteroatoms. The number of nitrogens with one attached hydrogen (secondary N) is 1. The summed E-state index contributed by atoms with van der Waals surface area (Å²) in [5.74, 6) is -0.0951. The Labute approximate surface area is 147 Å². The first-order chi connectivity index (χ1) is 10.8. The Bertz CT molecular complexity index is 547. The van der Waals surface area contributed by atoms with Crippen molar-refractivity contribution in [2.24, 2.45) is 0 Å². The molecule has 23 heavy (non-hydrogen) atoms. The van der Waals surface area contributed by atoms with Crippen LogP contribution in [-0.4, -0.2) is 50.4 Å². The van der Waals surface area contributed by atoms with E-state index in [0.717, 1.165) is 28.7 Å². The number of hydrogen-bond donors (Lipinski definition) is 1. The number of carbonyl (C=O) groups excluding carboxylic acids is 2. The third kappa shape index (κ3) is 7.14. The van der Waals surface area contributed by atoms with Crippen molar-refractivity contribution in [2.75, 3.05) is 38.6 Å². The maximum Gasteiger partial charge on any atom is 0.223 e. The number of carbonyl (C=O) groups is 2. The van der Waals surface area contributed by atoms with E-state index < -0.39 is 0 Å². The maximum atomic E-state index is 11.9. The topological polar surface area (TPSA) is 52.7 Å². The molecule has 0 unspecified atom stereocenters. The molecule has 0 fully saturated rings. The van der Waals surface area contributed by atoms with E-state index in [1.807, 2.05) is 39.2 Å². The molecule has 0 saturated heterocycles. The molecule has 0 heterocycles. The van der Waals surface area contributed by atoms with Gasteiger partial charge in [-0.15, -0.1) is 0 Å². The average Bonchev–Trinajstić information content (AvgIpc) is 2.47. The Kier molecular flexibility index (Phi) is 8.26. The lowest BCUT2D eigenvalue weighted by Crippen LogP contribution is -2.34. The van der Waals surface area contributed by atoms with Gasteiger partial charge in [0.15, 0.2) is 0 Å². The summed E-state index contributed by atoms with van der Waals surface area (Å²) in [5.41, 5.74) is 1.91. The molecule has 2 amide bonds. The molecule has 0 radical (unpaired) electrons. The second kappa shape index (κ2) is 9.67. The Morgan fingerprint density at radius 1 is 1.22 bits per heavy atom. The van der Waals surface area contributed by atoms with Gasteiger partial charge in [-0.1, -0.05) is 22.0 Å². The average molecular weight is 384 g/mol. The molecule has 1 rings (SSSR count). The summed E-state index contributed by atoms with van der Waals surface area (Å²) >= 11 is 3.48. The van der Waals surface area contributed by atoms with Crippen molar-refractivity contribution in [1.82, 2.24) is 10.2 Å². The third-order valence-electron chi connectivity index (χ3n) is 3.51. The van der Waals surface area contributed by atoms with E-state index in [0.29, 0.717) is 19.5 Å². The van der Waals surface area contributed by atoms with E-state index >= 15 is 0 Å². The van der Waals surface area contributed by atoms with Crippen LogP contribution in [0.5, 0.6) is 0 Å². The molecule has 0 aromatic heterocycles. The zero-order chi connectivity index (χ0) is 17.4. The molecule has 0 atom stereocenters. The van der Waals surface area contributed by atoms with Crippen LogP contribution in [-0.2, 0) is 9.59 Å². The molecule has 5 nitrogen and oxygen atoms in total. The standard InChI is InChI=1S/C17H26BrN3O2/c1-13-6-7-15(12-16(13)18)21(14(2)22)11-8-17(23)19-9-5-10-20(3)4/h6-7,12H,5,8-11H2,1-4H3,(H,19,23). The molecule has 1 N–H and O–H groups in total. The van der Waals surface area contributed by atoms with Gasteiger partial charge in [-0.3, -0.25) is 9.59 Å². The first-order valence-electron chi connectivity index (χ1n) is 7.77. The van der Waals surface area contributed by atoms with Crippen LogP contribution >= 0.6 is 15.9 Å². The van der Waals surface area contributed by atoms with Crippen molar-refractivity contribution in [3.8, 4) is 0 Å². The van der Waals surface area contributed by atoms with E-state index in [2.05, 4.69) is 26.1 Å². The molecule has 0 aliphatic heterocycles. The number of hydrogen-bond acceptors (Lipinski definition) is 3. The summed E-state index contributed by atoms with van der Waals surface area (Å²) < 4.78 is 0.953. The van der Waals surface area contributed by atoms with Gasteiger partial charge in [-0.25, -0.2) is 0 Å². The van der Waals surface area contributed by atoms with Gasteiger partial charge in [0.1, 0.15) is 0 Å². The van der Waals surface area contributed by atoms with Crippen LogP contribution in [0.4, 0.5) is 5.69 Å². The smallest absolute Gasteiger partial charge is 0.223 e. The van der Waals surface area contributed by atoms with Crippen molar-refractivity contribution >= 4 is 33.4 Å². The number of anilines is 1. The van der Waals surface area contributed by atoms with E-state index in [1.54, 1.807) is 4.90 Å². The van der Waals surface area contributed by atoms with Gasteiger partial charge >= 0.3 is 0 Å². The van der Waals surface area contributed by atoms with Gasteiger partial charge in [0.25, 0.3) is 0 Å². The van der Waals surface area contributed by atoms with Gasteiger partial charge in [0, 0.05) is 36.6 Å². The monoisotopic (exact) mass is 383 g/mol. The summed E-state index contributed by atoms with van der Waals surface area (Å²) in [6.45, 7) is 5.49. The summed E-state index contributed by atoms with van der Waals surface area (Å²) in [6.07, 6.45) is 1.22. The third-order valence-corrected chi connectivity index (χ3v) is 4.37. The Morgan fingerprint density at radius 3 is 2.48 bits per heavy atom. The molecule has 0 bridgehead atoms. The molecule has 1 aromatic rings. The van der Waals surface area contributed by atoms with Gasteiger partial charge < -0.3 is 15.1 Å². The van der Waals surface area contributed by atoms with Gasteiger partial charge in [0.2, 0.25) is 11.8 Å². The predicted octanol–water partition coefficient (Wildman–Crippen LogP) is 2.57. The molecular weight excluding hydrogens is 358 g/mol. The Balaban J connectivity index is 2.52. The van der Waals surface area contributed by atoms with Crippen LogP contribution in [0.1, 0.15) is 25.3 Å². The first-order valence-corrected chi connectivity index (χ1v) is 8.56. The predicted molar refractivity (Wildman–Crippen MR) is 97.7 cm³/mol. The van der Waals surface area contributed by atoms with E-state index in [1.165, 1.54) is 6.92 Å². The first kappa shape index (κ1) is 19.6. The van der Waals surface area contributed by atoms with Crippen molar-refractivity contribution in [2.45, 2.75) is 26.7 Å². The highest BCUT2D eigenvalue weighted by atomic mass is 79.9. The quantitative estimate of drug-likeness (QED) is 0.701. The molecular formula is C17H26BrN3O2. The van der Waals surface area contributed by atoms with E-state index in [-0.39, 0.29) is 11.8 Å². The van der Waals surface area contributed by atoms with Gasteiger partial charge in [-0.05, 0) is 51.7 Å². The van der Waals surface area contributed by atoms with Crippen LogP contribution in [0, 0.1) is 6.92 Å². The highest BCUT2D eigenvalue weighted by Gasteiger charge is 2.14. The fourth-order valence-electron chi connectivity index (χ4n) is 2.14. The summed E-state index contributed by atoms with van der Waals surface area (Å²) in [7, 11) is 4.01. The van der Waals surface area contributed by atoms with Crippen molar-refractivity contribution in [1.29, 1.82) is 0 Å². The fourth-order valence-corrected chi connectivity index (χ4v) is 2.51. The number of benzene rings is 1. The zero-order valence-electron chi connectivity index (χ0n) is 14.4. The van der Waals surface area contributed by atoms with E-state index in [9.17, 15) is 9.59 Å². The lowest BCUT2D eigenvalue weighted by Gasteiger charge is -2.21. The summed E-state index contributed by atoms with van der Waals surface area (Å²) in [4.78, 5) is 27.5. The zero-order valence-corrected chi connectivity index (χ0v) is 15.9. The van der Waals surface area contributed by atoms with Gasteiger partial charge in [-0.2, -0.15) is 0 Å². The number of amides is 2. The summed E-state index contributed by atoms with van der Waals surface area (Å²) in [5, 5.41) is 2.89. The second-order valence-electron chi connectivity index (χ2n) is 5.86. The van der Waals surface area contributed by atoms with E-state index in [4.69, 9.17) is 0 Å². The van der Waals surface area contributed by atoms with Crippen LogP contribution in [0.2, 0.25) is 0 Å². The molecule has 0 aliphatic rings. The van der Waals surface area contributed by atoms with Crippen LogP contribution in [0.15, 0.2) is 22.7 Å². The molecule has 0 spiro atoms. The van der Waals surface area contributed by atoms with Gasteiger partial charge in [0.05, 0.1) is 0 Å². The summed E-state index contributed by atoms with van der Waals surface area (Å²) in [6, 6.07) is 5.76. The lowest BCUT2D eigenvalue weighted by atomic mass is 10.2. The normalized spacial score (nSPS) is 10.7. The molecule has 1 aromatic carbocycles. The highest BCUT2D eigenvalue weighted by molar-refractivity contribution is 9.10. The number of aryl methyl sites for hydroxylation is 1. The second-order valence-corrected chi connectivity index (χ2v) is 6.72. The minimum absolute atomic E-state index is 0.0267. The van der Waals surface area contributed by atoms with Crippen LogP contribution < -0.4 is 10.2 Å². The maximum absolute atomic E-state index is 11.9.